The highest BCUT2D eigenvalue weighted by Crippen LogP contribution is 2.19. The van der Waals surface area contributed by atoms with E-state index in [-0.39, 0.29) is 5.91 Å². The summed E-state index contributed by atoms with van der Waals surface area (Å²) in [6, 6.07) is 8.19. The van der Waals surface area contributed by atoms with Crippen molar-refractivity contribution in [3.05, 3.63) is 36.0 Å². The number of nitrogens with one attached hydrogen (secondary N) is 2. The minimum atomic E-state index is -0.566. The Balaban J connectivity index is 1.61. The van der Waals surface area contributed by atoms with E-state index in [4.69, 9.17) is 18.9 Å². The van der Waals surface area contributed by atoms with E-state index in [0.29, 0.717) is 39.4 Å². The van der Waals surface area contributed by atoms with Crippen molar-refractivity contribution >= 4 is 29.1 Å². The number of aryl methyl sites for hydroxylation is 1. The number of hydrogen-bond donors (Lipinski definition) is 2. The second-order valence-corrected chi connectivity index (χ2v) is 14.9. The number of rotatable bonds is 35. The largest absolute Gasteiger partial charge is 0.508 e. The first-order chi connectivity index (χ1) is 26.9. The summed E-state index contributed by atoms with van der Waals surface area (Å²) < 4.78 is 21.1. The molecule has 0 atom stereocenters. The van der Waals surface area contributed by atoms with Gasteiger partial charge in [-0.2, -0.15) is 0 Å². The maximum Gasteiger partial charge on any atom is 0.508 e. The van der Waals surface area contributed by atoms with Gasteiger partial charge in [-0.05, 0) is 109 Å². The van der Waals surface area contributed by atoms with Gasteiger partial charge in [-0.15, -0.1) is 0 Å². The van der Waals surface area contributed by atoms with E-state index < -0.39 is 12.3 Å². The molecule has 1 heterocycles. The molecule has 314 valence electrons. The summed E-state index contributed by atoms with van der Waals surface area (Å²) >= 11 is 0. The van der Waals surface area contributed by atoms with Crippen molar-refractivity contribution in [1.29, 1.82) is 0 Å². The van der Waals surface area contributed by atoms with Gasteiger partial charge in [0.15, 0.2) is 0 Å². The third-order valence-corrected chi connectivity index (χ3v) is 9.96. The van der Waals surface area contributed by atoms with E-state index in [2.05, 4.69) is 53.1 Å². The van der Waals surface area contributed by atoms with Crippen LogP contribution in [-0.4, -0.2) is 106 Å². The number of nitrogens with zero attached hydrogens (tertiary/aromatic N) is 2. The highest BCUT2D eigenvalue weighted by atomic mass is 16.7. The molecule has 11 nitrogen and oxygen atoms in total. The number of carbonyl (C=O) groups is 3. The molecule has 2 aromatic rings. The summed E-state index contributed by atoms with van der Waals surface area (Å²) in [7, 11) is 2.13. The normalized spacial score (nSPS) is 11.4. The highest BCUT2D eigenvalue weighted by molar-refractivity contribution is 5.84. The molecular formula is C44H76N4O7. The first kappa shape index (κ1) is 47.8. The predicted molar refractivity (Wildman–Crippen MR) is 223 cm³/mol. The number of aromatic nitrogens is 1. The predicted octanol–water partition coefficient (Wildman–Crippen LogP) is 9.82. The fraction of sp³-hybridized carbons (Fsp3) is 0.750. The molecule has 2 rings (SSSR count). The summed E-state index contributed by atoms with van der Waals surface area (Å²) in [4.78, 5) is 44.5. The third kappa shape index (κ3) is 25.5. The monoisotopic (exact) mass is 773 g/mol. The number of para-hydroxylation sites is 1. The Hall–Kier alpha value is -3.31. The van der Waals surface area contributed by atoms with Gasteiger partial charge in [-0.25, -0.2) is 9.59 Å². The van der Waals surface area contributed by atoms with Gasteiger partial charge in [0.25, 0.3) is 0 Å². The standard InChI is InChI=1S/C44H76N4O7/c1-4-6-8-10-12-18-34-52-43(50)54-36-20-16-31-48(32-17-21-37-55-44(51)53-35-19-13-11-9-7-5-2)33-23-30-47(3)29-22-28-45-42(49)27-26-39-38-46-41-25-15-14-24-40(39)41/h14-15,24-25,38,46H,4-13,16-23,26-37H2,1-3H3,(H,45,49). The van der Waals surface area contributed by atoms with Crippen LogP contribution in [-0.2, 0) is 30.2 Å². The van der Waals surface area contributed by atoms with E-state index >= 15 is 0 Å². The molecule has 0 aliphatic heterocycles. The Morgan fingerprint density at radius 2 is 1.09 bits per heavy atom. The topological polar surface area (TPSA) is 122 Å². The number of benzene rings is 1. The number of amides is 1. The number of carbonyl (C=O) groups excluding carboxylic acids is 3. The smallest absolute Gasteiger partial charge is 0.434 e. The van der Waals surface area contributed by atoms with Gasteiger partial charge in [0.2, 0.25) is 5.91 Å². The molecule has 1 amide bonds. The molecule has 0 spiro atoms. The van der Waals surface area contributed by atoms with Crippen LogP contribution in [0.3, 0.4) is 0 Å². The Kier molecular flexibility index (Phi) is 28.6. The number of fused-ring (bicyclic) bond motifs is 1. The van der Waals surface area contributed by atoms with Gasteiger partial charge in [0.1, 0.15) is 0 Å². The van der Waals surface area contributed by atoms with E-state index in [1.165, 1.54) is 62.3 Å². The van der Waals surface area contributed by atoms with Gasteiger partial charge in [-0.1, -0.05) is 96.3 Å². The second kappa shape index (κ2) is 32.9. The minimum absolute atomic E-state index is 0.0921. The zero-order valence-electron chi connectivity index (χ0n) is 34.9. The van der Waals surface area contributed by atoms with Gasteiger partial charge >= 0.3 is 12.3 Å². The van der Waals surface area contributed by atoms with Gasteiger partial charge in [0.05, 0.1) is 26.4 Å². The molecule has 55 heavy (non-hydrogen) atoms. The average Bonchev–Trinajstić information content (AvgIpc) is 3.60. The quantitative estimate of drug-likeness (QED) is 0.0521. The first-order valence-corrected chi connectivity index (χ1v) is 21.7. The fourth-order valence-electron chi connectivity index (χ4n) is 6.61. The summed E-state index contributed by atoms with van der Waals surface area (Å²) in [6.45, 7) is 11.3. The van der Waals surface area contributed by atoms with Crippen molar-refractivity contribution in [2.75, 3.05) is 72.7 Å². The molecule has 1 aromatic heterocycles. The van der Waals surface area contributed by atoms with Crippen molar-refractivity contribution < 1.29 is 33.3 Å². The van der Waals surface area contributed by atoms with Crippen LogP contribution in [0.4, 0.5) is 9.59 Å². The molecule has 0 fully saturated rings. The molecule has 0 aliphatic rings. The lowest BCUT2D eigenvalue weighted by Gasteiger charge is -2.24. The molecule has 0 saturated heterocycles. The van der Waals surface area contributed by atoms with E-state index in [9.17, 15) is 14.4 Å². The molecule has 1 aromatic carbocycles. The molecule has 0 unspecified atom stereocenters. The molecule has 2 N–H and O–H groups in total. The lowest BCUT2D eigenvalue weighted by atomic mass is 10.1. The van der Waals surface area contributed by atoms with Gasteiger partial charge in [0, 0.05) is 30.1 Å². The molecular weight excluding hydrogens is 697 g/mol. The van der Waals surface area contributed by atoms with Crippen molar-refractivity contribution in [2.24, 2.45) is 0 Å². The summed E-state index contributed by atoms with van der Waals surface area (Å²) in [6.07, 6.45) is 21.2. The van der Waals surface area contributed by atoms with Crippen molar-refractivity contribution in [3.8, 4) is 0 Å². The average molecular weight is 773 g/mol. The fourth-order valence-corrected chi connectivity index (χ4v) is 6.61. The maximum atomic E-state index is 12.5. The van der Waals surface area contributed by atoms with E-state index in [1.807, 2.05) is 18.3 Å². The van der Waals surface area contributed by atoms with E-state index in [0.717, 1.165) is 109 Å². The number of H-pyrrole nitrogens is 1. The zero-order valence-corrected chi connectivity index (χ0v) is 34.9. The number of aromatic amines is 1. The molecule has 0 saturated carbocycles. The molecule has 0 aliphatic carbocycles. The lowest BCUT2D eigenvalue weighted by Crippen LogP contribution is -2.32. The van der Waals surface area contributed by atoms with Crippen LogP contribution in [0.2, 0.25) is 0 Å². The molecule has 0 radical (unpaired) electrons. The van der Waals surface area contributed by atoms with Crippen molar-refractivity contribution in [3.63, 3.8) is 0 Å². The second-order valence-electron chi connectivity index (χ2n) is 14.9. The van der Waals surface area contributed by atoms with Crippen LogP contribution in [0, 0.1) is 0 Å². The lowest BCUT2D eigenvalue weighted by molar-refractivity contribution is -0.121. The zero-order chi connectivity index (χ0) is 39.6. The SMILES string of the molecule is CCCCCCCCOC(=O)OCCCCN(CCCCOC(=O)OCCCCCCCC)CCCN(C)CCCNC(=O)CCc1c[nH]c2ccccc12. The van der Waals surface area contributed by atoms with Crippen LogP contribution in [0.1, 0.15) is 141 Å². The van der Waals surface area contributed by atoms with Crippen LogP contribution >= 0.6 is 0 Å². The van der Waals surface area contributed by atoms with Crippen molar-refractivity contribution in [2.45, 2.75) is 142 Å². The number of unbranched alkanes of at least 4 members (excludes halogenated alkanes) is 12. The third-order valence-electron chi connectivity index (χ3n) is 9.96. The van der Waals surface area contributed by atoms with Crippen LogP contribution in [0.5, 0.6) is 0 Å². The summed E-state index contributed by atoms with van der Waals surface area (Å²) in [5.41, 5.74) is 2.28. The Morgan fingerprint density at radius 1 is 0.600 bits per heavy atom. The van der Waals surface area contributed by atoms with Gasteiger partial charge < -0.3 is 39.0 Å². The van der Waals surface area contributed by atoms with Crippen molar-refractivity contribution in [1.82, 2.24) is 20.1 Å². The first-order valence-electron chi connectivity index (χ1n) is 21.7. The van der Waals surface area contributed by atoms with Crippen LogP contribution in [0.15, 0.2) is 30.5 Å². The Labute approximate surface area is 332 Å². The summed E-state index contributed by atoms with van der Waals surface area (Å²) in [5.74, 6) is 0.0921. The Bertz CT molecular complexity index is 1220. The van der Waals surface area contributed by atoms with Gasteiger partial charge in [-0.3, -0.25) is 4.79 Å². The summed E-state index contributed by atoms with van der Waals surface area (Å²) in [5, 5.41) is 4.27. The molecule has 0 bridgehead atoms. The maximum absolute atomic E-state index is 12.5. The van der Waals surface area contributed by atoms with Crippen LogP contribution < -0.4 is 5.32 Å². The van der Waals surface area contributed by atoms with Crippen LogP contribution in [0.25, 0.3) is 10.9 Å². The minimum Gasteiger partial charge on any atom is -0.434 e. The van der Waals surface area contributed by atoms with E-state index in [1.54, 1.807) is 0 Å². The Morgan fingerprint density at radius 3 is 1.67 bits per heavy atom. The highest BCUT2D eigenvalue weighted by Gasteiger charge is 2.10. The number of hydrogen-bond acceptors (Lipinski definition) is 9. The number of ether oxygens (including phenoxy) is 4. The molecule has 11 heteroatoms.